The summed E-state index contributed by atoms with van der Waals surface area (Å²) in [6.45, 7) is 0. The van der Waals surface area contributed by atoms with Crippen molar-refractivity contribution in [2.45, 2.75) is 6.42 Å². The van der Waals surface area contributed by atoms with Gasteiger partial charge in [-0.05, 0) is 53.6 Å². The molecule has 0 fully saturated rings. The van der Waals surface area contributed by atoms with Crippen molar-refractivity contribution in [2.24, 2.45) is 0 Å². The minimum atomic E-state index is -1.61. The van der Waals surface area contributed by atoms with Gasteiger partial charge in [-0.3, -0.25) is 9.78 Å². The summed E-state index contributed by atoms with van der Waals surface area (Å²) in [4.78, 5) is 17.1. The maximum absolute atomic E-state index is 13.0. The van der Waals surface area contributed by atoms with Crippen LogP contribution in [0.15, 0.2) is 71.9 Å². The molecule has 2 heterocycles. The number of fused-ring (bicyclic) bond motifs is 1. The average molecular weight is 414 g/mol. The summed E-state index contributed by atoms with van der Waals surface area (Å²) in [6, 6.07) is 16.6. The number of anilines is 1. The van der Waals surface area contributed by atoms with Gasteiger partial charge < -0.3 is 9.29 Å². The van der Waals surface area contributed by atoms with Gasteiger partial charge in [-0.15, -0.1) is 0 Å². The topological polar surface area (TPSA) is 74.3 Å². The number of allylic oxidation sites excluding steroid dienone is 1. The highest BCUT2D eigenvalue weighted by molar-refractivity contribution is 7.97. The summed E-state index contributed by atoms with van der Waals surface area (Å²) in [5.41, 5.74) is 3.59. The summed E-state index contributed by atoms with van der Waals surface area (Å²) in [5.74, 6) is 6.78. The number of benzene rings is 2. The number of carbonyl (C=O) groups is 1. The van der Waals surface area contributed by atoms with E-state index in [1.54, 1.807) is 49.8 Å². The molecule has 0 amide bonds. The zero-order chi connectivity index (χ0) is 20.9. The van der Waals surface area contributed by atoms with E-state index in [-0.39, 0.29) is 10.7 Å². The van der Waals surface area contributed by atoms with Gasteiger partial charge in [0.1, 0.15) is 17.1 Å². The smallest absolute Gasteiger partial charge is 0.245 e. The lowest BCUT2D eigenvalue weighted by atomic mass is 10.0. The molecule has 1 aliphatic rings. The van der Waals surface area contributed by atoms with Crippen molar-refractivity contribution in [3.8, 4) is 17.6 Å². The van der Waals surface area contributed by atoms with Crippen LogP contribution in [0.2, 0.25) is 0 Å². The van der Waals surface area contributed by atoms with Crippen molar-refractivity contribution < 1.29 is 14.1 Å². The van der Waals surface area contributed by atoms with E-state index in [0.29, 0.717) is 17.7 Å². The van der Waals surface area contributed by atoms with Crippen LogP contribution in [0, 0.1) is 11.8 Å². The first kappa shape index (κ1) is 19.8. The molecule has 1 aliphatic heterocycles. The molecule has 148 valence electrons. The molecular weight excluding hydrogens is 396 g/mol. The van der Waals surface area contributed by atoms with E-state index in [0.717, 1.165) is 22.4 Å². The van der Waals surface area contributed by atoms with Crippen molar-refractivity contribution in [2.75, 3.05) is 11.8 Å². The van der Waals surface area contributed by atoms with Crippen LogP contribution in [0.3, 0.4) is 0 Å². The number of hydrogen-bond donors (Lipinski definition) is 1. The number of methoxy groups -OCH3 is 1. The predicted molar refractivity (Wildman–Crippen MR) is 118 cm³/mol. The van der Waals surface area contributed by atoms with Crippen LogP contribution < -0.4 is 9.46 Å². The summed E-state index contributed by atoms with van der Waals surface area (Å²) in [7, 11) is 1.63. The normalized spacial score (nSPS) is 16.3. The number of nitrogens with one attached hydrogen (secondary N) is 1. The highest BCUT2D eigenvalue weighted by atomic mass is 32.2. The molecule has 0 saturated heterocycles. The maximum Gasteiger partial charge on any atom is 0.245 e. The van der Waals surface area contributed by atoms with E-state index in [1.807, 2.05) is 30.3 Å². The monoisotopic (exact) mass is 414 g/mol. The Morgan fingerprint density at radius 3 is 2.63 bits per heavy atom. The Hall–Kier alpha value is -3.53. The molecule has 0 aliphatic carbocycles. The molecule has 5 nitrogen and oxygen atoms in total. The van der Waals surface area contributed by atoms with Gasteiger partial charge in [-0.25, -0.2) is 4.72 Å². The molecular formula is C24H18N2O3S. The van der Waals surface area contributed by atoms with Crippen molar-refractivity contribution >= 4 is 28.9 Å². The van der Waals surface area contributed by atoms with Gasteiger partial charge in [0.15, 0.2) is 0 Å². The lowest BCUT2D eigenvalue weighted by Gasteiger charge is -2.21. The Balaban J connectivity index is 1.56. The van der Waals surface area contributed by atoms with E-state index in [9.17, 15) is 9.35 Å². The van der Waals surface area contributed by atoms with Crippen LogP contribution in [-0.2, 0) is 17.8 Å². The number of ketones is 1. The van der Waals surface area contributed by atoms with E-state index in [4.69, 9.17) is 4.74 Å². The summed E-state index contributed by atoms with van der Waals surface area (Å²) >= 11 is -1.61. The zero-order valence-corrected chi connectivity index (χ0v) is 17.0. The largest absolute Gasteiger partial charge is 0.588 e. The third-order valence-corrected chi connectivity index (χ3v) is 5.69. The zero-order valence-electron chi connectivity index (χ0n) is 16.2. The molecule has 0 spiro atoms. The maximum atomic E-state index is 13.0. The Labute approximate surface area is 178 Å². The second-order valence-corrected chi connectivity index (χ2v) is 7.76. The van der Waals surface area contributed by atoms with Gasteiger partial charge >= 0.3 is 0 Å². The standard InChI is InChI=1S/C24H18N2O3S/c1-29-20-8-5-17(6-9-20)3-2-4-18-7-10-22-21(15-18)24(27)23(30(28)26-22)16-19-11-13-25-14-12-19/h5-16,26H,3H2,1H3/b23-16+. The van der Waals surface area contributed by atoms with Crippen LogP contribution in [0.25, 0.3) is 6.08 Å². The fraction of sp³-hybridized carbons (Fsp3) is 0.0833. The summed E-state index contributed by atoms with van der Waals surface area (Å²) in [5, 5.41) is 0. The SMILES string of the molecule is COc1ccc(CC#Cc2ccc3c(c2)C(=O)/C(=C\c2ccncc2)[S+]([O-])N3)cc1. The molecule has 1 atom stereocenters. The van der Waals surface area contributed by atoms with Crippen molar-refractivity contribution in [3.63, 3.8) is 0 Å². The Morgan fingerprint density at radius 2 is 1.90 bits per heavy atom. The molecule has 0 radical (unpaired) electrons. The van der Waals surface area contributed by atoms with Crippen LogP contribution in [0.1, 0.15) is 27.0 Å². The lowest BCUT2D eigenvalue weighted by molar-refractivity contribution is 0.104. The quantitative estimate of drug-likeness (QED) is 0.398. The number of Topliss-reactive ketones (excluding diaryl/α,β-unsaturated/α-hetero) is 1. The predicted octanol–water partition coefficient (Wildman–Crippen LogP) is 4.00. The number of nitrogens with zero attached hydrogens (tertiary/aromatic N) is 1. The van der Waals surface area contributed by atoms with Crippen LogP contribution >= 0.6 is 0 Å². The fourth-order valence-electron chi connectivity index (χ4n) is 2.99. The average Bonchev–Trinajstić information content (AvgIpc) is 2.78. The first-order valence-electron chi connectivity index (χ1n) is 9.25. The molecule has 3 aromatic rings. The van der Waals surface area contributed by atoms with Gasteiger partial charge in [-0.2, -0.15) is 0 Å². The number of rotatable bonds is 3. The number of carbonyl (C=O) groups excluding carboxylic acids is 1. The fourth-order valence-corrected chi connectivity index (χ4v) is 4.00. The Morgan fingerprint density at radius 1 is 1.13 bits per heavy atom. The van der Waals surface area contributed by atoms with Gasteiger partial charge in [0.25, 0.3) is 0 Å². The summed E-state index contributed by atoms with van der Waals surface area (Å²) in [6.07, 6.45) is 5.46. The van der Waals surface area contributed by atoms with Gasteiger partial charge in [0.2, 0.25) is 10.7 Å². The second kappa shape index (κ2) is 8.87. The highest BCUT2D eigenvalue weighted by Gasteiger charge is 2.33. The number of aromatic nitrogens is 1. The van der Waals surface area contributed by atoms with Gasteiger partial charge in [0, 0.05) is 30.5 Å². The van der Waals surface area contributed by atoms with Crippen molar-refractivity contribution in [1.82, 2.24) is 4.98 Å². The van der Waals surface area contributed by atoms with Crippen molar-refractivity contribution in [3.05, 3.63) is 94.1 Å². The van der Waals surface area contributed by atoms with E-state index >= 15 is 0 Å². The van der Waals surface area contributed by atoms with E-state index < -0.39 is 11.4 Å². The lowest BCUT2D eigenvalue weighted by Crippen LogP contribution is -2.27. The second-order valence-electron chi connectivity index (χ2n) is 6.58. The number of hydrogen-bond acceptors (Lipinski definition) is 5. The summed E-state index contributed by atoms with van der Waals surface area (Å²) < 4.78 is 20.5. The molecule has 1 N–H and O–H groups in total. The molecule has 0 saturated carbocycles. The van der Waals surface area contributed by atoms with E-state index in [1.165, 1.54) is 0 Å². The first-order chi connectivity index (χ1) is 14.6. The van der Waals surface area contributed by atoms with Crippen LogP contribution in [-0.4, -0.2) is 22.4 Å². The Kier molecular flexibility index (Phi) is 5.84. The van der Waals surface area contributed by atoms with Gasteiger partial charge in [0.05, 0.1) is 18.4 Å². The highest BCUT2D eigenvalue weighted by Crippen LogP contribution is 2.31. The molecule has 2 aromatic carbocycles. The van der Waals surface area contributed by atoms with Crippen LogP contribution in [0.4, 0.5) is 5.69 Å². The van der Waals surface area contributed by atoms with E-state index in [2.05, 4.69) is 21.5 Å². The molecule has 6 heteroatoms. The Bertz CT molecular complexity index is 1160. The molecule has 4 rings (SSSR count). The third kappa shape index (κ3) is 4.38. The first-order valence-corrected chi connectivity index (χ1v) is 10.4. The third-order valence-electron chi connectivity index (χ3n) is 4.58. The number of pyridine rings is 1. The van der Waals surface area contributed by atoms with Crippen LogP contribution in [0.5, 0.6) is 5.75 Å². The molecule has 1 aromatic heterocycles. The molecule has 30 heavy (non-hydrogen) atoms. The minimum absolute atomic E-state index is 0.206. The van der Waals surface area contributed by atoms with Crippen molar-refractivity contribution in [1.29, 1.82) is 0 Å². The minimum Gasteiger partial charge on any atom is -0.588 e. The number of ether oxygens (including phenoxy) is 1. The molecule has 1 unspecified atom stereocenters. The van der Waals surface area contributed by atoms with Gasteiger partial charge in [-0.1, -0.05) is 24.0 Å². The molecule has 0 bridgehead atoms.